The van der Waals surface area contributed by atoms with Gasteiger partial charge in [0, 0.05) is 33.7 Å². The van der Waals surface area contributed by atoms with E-state index >= 15 is 0 Å². The minimum absolute atomic E-state index is 0.249. The van der Waals surface area contributed by atoms with Crippen LogP contribution in [0.2, 0.25) is 0 Å². The van der Waals surface area contributed by atoms with Crippen LogP contribution in [-0.4, -0.2) is 10.5 Å². The van der Waals surface area contributed by atoms with Crippen LogP contribution >= 0.6 is 15.9 Å². The maximum atomic E-state index is 10.9. The molecule has 0 atom stereocenters. The third-order valence-electron chi connectivity index (χ3n) is 2.40. The highest BCUT2D eigenvalue weighted by atomic mass is 79.9. The number of fused-ring (bicyclic) bond motifs is 1. The van der Waals surface area contributed by atoms with Gasteiger partial charge in [-0.2, -0.15) is 0 Å². The van der Waals surface area contributed by atoms with Gasteiger partial charge in [-0.3, -0.25) is 0 Å². The quantitative estimate of drug-likeness (QED) is 0.832. The van der Waals surface area contributed by atoms with Crippen LogP contribution < -0.4 is 5.11 Å². The van der Waals surface area contributed by atoms with E-state index in [1.165, 1.54) is 0 Å². The number of carbonyl (C=O) groups is 1. The minimum atomic E-state index is -1.13. The smallest absolute Gasteiger partial charge is 0.0736 e. The fourth-order valence-corrected chi connectivity index (χ4v) is 2.04. The fourth-order valence-electron chi connectivity index (χ4n) is 1.69. The van der Waals surface area contributed by atoms with E-state index in [9.17, 15) is 9.90 Å². The number of benzene rings is 1. The Morgan fingerprint density at radius 3 is 2.87 bits per heavy atom. The number of aromatic nitrogens is 1. The lowest BCUT2D eigenvalue weighted by Gasteiger charge is -2.00. The maximum Gasteiger partial charge on any atom is 0.0736 e. The van der Waals surface area contributed by atoms with Gasteiger partial charge in [-0.1, -0.05) is 22.0 Å². The van der Waals surface area contributed by atoms with E-state index in [0.717, 1.165) is 21.9 Å². The van der Waals surface area contributed by atoms with Crippen molar-refractivity contribution in [1.82, 2.24) is 4.57 Å². The number of halogens is 1. The van der Waals surface area contributed by atoms with Gasteiger partial charge in [0.1, 0.15) is 0 Å². The Kier molecular flexibility index (Phi) is 2.52. The van der Waals surface area contributed by atoms with Crippen LogP contribution in [0.5, 0.6) is 0 Å². The second kappa shape index (κ2) is 3.70. The van der Waals surface area contributed by atoms with E-state index in [2.05, 4.69) is 15.9 Å². The van der Waals surface area contributed by atoms with E-state index in [1.807, 2.05) is 23.6 Å². The molecule has 0 N–H and O–H groups in total. The van der Waals surface area contributed by atoms with E-state index in [0.29, 0.717) is 0 Å². The molecular formula is C11H9BrNO2-. The molecule has 0 unspecified atom stereocenters. The molecule has 1 heterocycles. The van der Waals surface area contributed by atoms with Crippen molar-refractivity contribution in [2.24, 2.45) is 0 Å². The first-order valence-corrected chi connectivity index (χ1v) is 5.42. The molecule has 2 aromatic rings. The average Bonchev–Trinajstić information content (AvgIpc) is 2.55. The Balaban J connectivity index is 2.81. The fraction of sp³-hybridized carbons (Fsp3) is 0.182. The molecule has 2 rings (SSSR count). The number of hydrogen-bond acceptors (Lipinski definition) is 2. The van der Waals surface area contributed by atoms with Crippen LogP contribution in [0.15, 0.2) is 28.9 Å². The zero-order valence-corrected chi connectivity index (χ0v) is 9.74. The first kappa shape index (κ1) is 10.2. The summed E-state index contributed by atoms with van der Waals surface area (Å²) < 4.78 is 2.83. The molecule has 4 heteroatoms. The minimum Gasteiger partial charge on any atom is -0.545 e. The molecule has 0 saturated heterocycles. The van der Waals surface area contributed by atoms with E-state index in [1.54, 1.807) is 12.3 Å². The number of hydrogen-bond donors (Lipinski definition) is 0. The summed E-state index contributed by atoms with van der Waals surface area (Å²) in [4.78, 5) is 10.9. The molecule has 0 aliphatic carbocycles. The molecule has 0 aliphatic rings. The second-order valence-corrected chi connectivity index (χ2v) is 4.19. The third-order valence-corrected chi connectivity index (χ3v) is 2.90. The summed E-state index contributed by atoms with van der Waals surface area (Å²) >= 11 is 3.37. The molecule has 0 aliphatic heterocycles. The summed E-state index contributed by atoms with van der Waals surface area (Å²) in [7, 11) is 0. The Hall–Kier alpha value is -1.29. The highest BCUT2D eigenvalue weighted by molar-refractivity contribution is 9.10. The normalized spacial score (nSPS) is 10.8. The van der Waals surface area contributed by atoms with Gasteiger partial charge < -0.3 is 14.5 Å². The summed E-state index contributed by atoms with van der Waals surface area (Å²) in [6.45, 7) is 2.71. The van der Waals surface area contributed by atoms with Crippen molar-refractivity contribution in [3.05, 3.63) is 34.4 Å². The number of carbonyl (C=O) groups excluding carboxylic acids is 1. The molecule has 78 valence electrons. The van der Waals surface area contributed by atoms with Gasteiger partial charge in [-0.15, -0.1) is 0 Å². The SMILES string of the molecule is CCn1cc(C(=O)[O-])c2ccc(Br)cc21. The zero-order valence-electron chi connectivity index (χ0n) is 8.16. The van der Waals surface area contributed by atoms with Crippen LogP contribution in [0, 0.1) is 0 Å². The number of nitrogens with zero attached hydrogens (tertiary/aromatic N) is 1. The predicted molar refractivity (Wildman–Crippen MR) is 59.6 cm³/mol. The Morgan fingerprint density at radius 1 is 1.53 bits per heavy atom. The predicted octanol–water partition coefficient (Wildman–Crippen LogP) is 1.79. The molecule has 3 nitrogen and oxygen atoms in total. The van der Waals surface area contributed by atoms with E-state index < -0.39 is 5.97 Å². The highest BCUT2D eigenvalue weighted by Crippen LogP contribution is 2.24. The van der Waals surface area contributed by atoms with Crippen LogP contribution in [0.1, 0.15) is 17.3 Å². The Bertz CT molecular complexity index is 531. The summed E-state index contributed by atoms with van der Waals surface area (Å²) in [5, 5.41) is 11.6. The van der Waals surface area contributed by atoms with Crippen molar-refractivity contribution < 1.29 is 9.90 Å². The summed E-state index contributed by atoms with van der Waals surface area (Å²) in [5.74, 6) is -1.13. The molecule has 0 saturated carbocycles. The first-order valence-electron chi connectivity index (χ1n) is 4.63. The molecule has 0 amide bonds. The second-order valence-electron chi connectivity index (χ2n) is 3.28. The Morgan fingerprint density at radius 2 is 2.27 bits per heavy atom. The van der Waals surface area contributed by atoms with Gasteiger partial charge in [0.05, 0.1) is 5.97 Å². The molecule has 0 fully saturated rings. The van der Waals surface area contributed by atoms with Crippen molar-refractivity contribution >= 4 is 32.8 Å². The molecule has 0 bridgehead atoms. The Labute approximate surface area is 95.5 Å². The molecule has 0 spiro atoms. The zero-order chi connectivity index (χ0) is 11.0. The largest absolute Gasteiger partial charge is 0.545 e. The molecule has 0 radical (unpaired) electrons. The van der Waals surface area contributed by atoms with Crippen LogP contribution in [0.4, 0.5) is 0 Å². The van der Waals surface area contributed by atoms with Crippen LogP contribution in [0.25, 0.3) is 10.9 Å². The van der Waals surface area contributed by atoms with Crippen molar-refractivity contribution in [1.29, 1.82) is 0 Å². The van der Waals surface area contributed by atoms with Gasteiger partial charge in [0.25, 0.3) is 0 Å². The summed E-state index contributed by atoms with van der Waals surface area (Å²) in [5.41, 5.74) is 1.16. The standard InChI is InChI=1S/C11H10BrNO2/c1-2-13-6-9(11(14)15)8-4-3-7(12)5-10(8)13/h3-6H,2H2,1H3,(H,14,15)/p-1. The lowest BCUT2D eigenvalue weighted by atomic mass is 10.2. The number of aryl methyl sites for hydroxylation is 1. The maximum absolute atomic E-state index is 10.9. The number of carboxylic acids is 1. The third kappa shape index (κ3) is 1.65. The molecular weight excluding hydrogens is 258 g/mol. The van der Waals surface area contributed by atoms with Gasteiger partial charge >= 0.3 is 0 Å². The number of aromatic carboxylic acids is 1. The molecule has 15 heavy (non-hydrogen) atoms. The van der Waals surface area contributed by atoms with Gasteiger partial charge in [0.15, 0.2) is 0 Å². The van der Waals surface area contributed by atoms with Crippen LogP contribution in [-0.2, 0) is 6.54 Å². The van der Waals surface area contributed by atoms with Crippen molar-refractivity contribution in [3.63, 3.8) is 0 Å². The lowest BCUT2D eigenvalue weighted by Crippen LogP contribution is -2.21. The molecule has 1 aromatic carbocycles. The van der Waals surface area contributed by atoms with Crippen LogP contribution in [0.3, 0.4) is 0 Å². The van der Waals surface area contributed by atoms with E-state index in [-0.39, 0.29) is 5.56 Å². The number of carboxylic acid groups (broad SMARTS) is 1. The van der Waals surface area contributed by atoms with Crippen molar-refractivity contribution in [3.8, 4) is 0 Å². The van der Waals surface area contributed by atoms with Gasteiger partial charge in [-0.05, 0) is 19.1 Å². The summed E-state index contributed by atoms with van der Waals surface area (Å²) in [6.07, 6.45) is 1.62. The summed E-state index contributed by atoms with van der Waals surface area (Å²) in [6, 6.07) is 5.52. The van der Waals surface area contributed by atoms with Gasteiger partial charge in [0.2, 0.25) is 0 Å². The number of rotatable bonds is 2. The topological polar surface area (TPSA) is 45.1 Å². The van der Waals surface area contributed by atoms with Crippen molar-refractivity contribution in [2.75, 3.05) is 0 Å². The monoisotopic (exact) mass is 266 g/mol. The average molecular weight is 267 g/mol. The first-order chi connectivity index (χ1) is 7.13. The van der Waals surface area contributed by atoms with E-state index in [4.69, 9.17) is 0 Å². The molecule has 1 aromatic heterocycles. The lowest BCUT2D eigenvalue weighted by molar-refractivity contribution is -0.254. The van der Waals surface area contributed by atoms with Gasteiger partial charge in [-0.25, -0.2) is 0 Å². The van der Waals surface area contributed by atoms with Crippen molar-refractivity contribution in [2.45, 2.75) is 13.5 Å². The highest BCUT2D eigenvalue weighted by Gasteiger charge is 2.08.